The Labute approximate surface area is 83.1 Å². The fraction of sp³-hybridized carbons (Fsp3) is 1.00. The summed E-state index contributed by atoms with van der Waals surface area (Å²) < 4.78 is 5.64. The van der Waals surface area contributed by atoms with E-state index in [-0.39, 0.29) is 0 Å². The van der Waals surface area contributed by atoms with Gasteiger partial charge in [0.25, 0.3) is 0 Å². The molecule has 0 saturated carbocycles. The van der Waals surface area contributed by atoms with Crippen LogP contribution in [-0.4, -0.2) is 25.3 Å². The van der Waals surface area contributed by atoms with Crippen LogP contribution in [0.5, 0.6) is 0 Å². The van der Waals surface area contributed by atoms with Crippen molar-refractivity contribution in [2.24, 2.45) is 5.92 Å². The molecule has 0 aliphatic heterocycles. The van der Waals surface area contributed by atoms with E-state index in [1.54, 1.807) is 0 Å². The zero-order valence-corrected chi connectivity index (χ0v) is 9.76. The molecule has 0 aromatic heterocycles. The van der Waals surface area contributed by atoms with Crippen molar-refractivity contribution in [3.63, 3.8) is 0 Å². The Morgan fingerprint density at radius 3 is 2.15 bits per heavy atom. The summed E-state index contributed by atoms with van der Waals surface area (Å²) >= 11 is 0. The largest absolute Gasteiger partial charge is 0.377 e. The Balaban J connectivity index is 3.25. The van der Waals surface area contributed by atoms with Crippen LogP contribution in [0.25, 0.3) is 0 Å². The number of ether oxygens (including phenoxy) is 1. The highest BCUT2D eigenvalue weighted by molar-refractivity contribution is 4.58. The van der Waals surface area contributed by atoms with Gasteiger partial charge in [-0.1, -0.05) is 27.7 Å². The van der Waals surface area contributed by atoms with Crippen molar-refractivity contribution in [1.29, 1.82) is 0 Å². The van der Waals surface area contributed by atoms with Gasteiger partial charge in [-0.25, -0.2) is 0 Å². The highest BCUT2D eigenvalue weighted by Gasteiger charge is 2.03. The molecule has 0 aromatic rings. The standard InChI is InChI=1S/C11H25NO/c1-9(2)6-7-13-11(5)8-12-10(3)4/h9-12H,6-8H2,1-5H3. The van der Waals surface area contributed by atoms with Crippen molar-refractivity contribution in [3.8, 4) is 0 Å². The molecule has 0 amide bonds. The first-order valence-electron chi connectivity index (χ1n) is 5.37. The summed E-state index contributed by atoms with van der Waals surface area (Å²) in [6.45, 7) is 12.7. The lowest BCUT2D eigenvalue weighted by Crippen LogP contribution is -2.32. The Kier molecular flexibility index (Phi) is 7.29. The van der Waals surface area contributed by atoms with Crippen molar-refractivity contribution in [2.45, 2.75) is 53.2 Å². The van der Waals surface area contributed by atoms with Crippen LogP contribution >= 0.6 is 0 Å². The van der Waals surface area contributed by atoms with E-state index < -0.39 is 0 Å². The van der Waals surface area contributed by atoms with Crippen molar-refractivity contribution < 1.29 is 4.74 Å². The minimum absolute atomic E-state index is 0.334. The van der Waals surface area contributed by atoms with Gasteiger partial charge in [-0.15, -0.1) is 0 Å². The van der Waals surface area contributed by atoms with E-state index in [1.165, 1.54) is 0 Å². The first-order valence-corrected chi connectivity index (χ1v) is 5.37. The number of nitrogens with one attached hydrogen (secondary N) is 1. The predicted molar refractivity (Wildman–Crippen MR) is 58.0 cm³/mol. The topological polar surface area (TPSA) is 21.3 Å². The lowest BCUT2D eigenvalue weighted by molar-refractivity contribution is 0.0575. The zero-order valence-electron chi connectivity index (χ0n) is 9.76. The maximum Gasteiger partial charge on any atom is 0.0671 e. The van der Waals surface area contributed by atoms with Crippen LogP contribution in [0.15, 0.2) is 0 Å². The van der Waals surface area contributed by atoms with E-state index in [2.05, 4.69) is 39.9 Å². The molecule has 80 valence electrons. The third kappa shape index (κ3) is 9.84. The van der Waals surface area contributed by atoms with Crippen LogP contribution < -0.4 is 5.32 Å². The molecule has 0 radical (unpaired) electrons. The predicted octanol–water partition coefficient (Wildman–Crippen LogP) is 2.44. The maximum absolute atomic E-state index is 5.64. The van der Waals surface area contributed by atoms with Crippen LogP contribution in [0.3, 0.4) is 0 Å². The van der Waals surface area contributed by atoms with Gasteiger partial charge >= 0.3 is 0 Å². The molecule has 1 N–H and O–H groups in total. The van der Waals surface area contributed by atoms with Gasteiger partial charge in [-0.05, 0) is 19.3 Å². The second kappa shape index (κ2) is 7.34. The minimum Gasteiger partial charge on any atom is -0.377 e. The van der Waals surface area contributed by atoms with E-state index in [0.717, 1.165) is 25.5 Å². The van der Waals surface area contributed by atoms with E-state index in [9.17, 15) is 0 Å². The van der Waals surface area contributed by atoms with E-state index >= 15 is 0 Å². The Hall–Kier alpha value is -0.0800. The highest BCUT2D eigenvalue weighted by Crippen LogP contribution is 2.00. The summed E-state index contributed by atoms with van der Waals surface area (Å²) in [5.41, 5.74) is 0. The van der Waals surface area contributed by atoms with Crippen molar-refractivity contribution in [2.75, 3.05) is 13.2 Å². The average Bonchev–Trinajstić information content (AvgIpc) is 2.00. The van der Waals surface area contributed by atoms with Gasteiger partial charge in [-0.3, -0.25) is 0 Å². The summed E-state index contributed by atoms with van der Waals surface area (Å²) in [7, 11) is 0. The maximum atomic E-state index is 5.64. The molecular weight excluding hydrogens is 162 g/mol. The van der Waals surface area contributed by atoms with E-state index in [0.29, 0.717) is 12.1 Å². The van der Waals surface area contributed by atoms with Gasteiger partial charge in [0.2, 0.25) is 0 Å². The number of rotatable bonds is 7. The highest BCUT2D eigenvalue weighted by atomic mass is 16.5. The minimum atomic E-state index is 0.334. The smallest absolute Gasteiger partial charge is 0.0671 e. The molecule has 1 unspecified atom stereocenters. The average molecular weight is 187 g/mol. The summed E-state index contributed by atoms with van der Waals surface area (Å²) in [5, 5.41) is 3.36. The molecule has 2 nitrogen and oxygen atoms in total. The monoisotopic (exact) mass is 187 g/mol. The summed E-state index contributed by atoms with van der Waals surface area (Å²) in [4.78, 5) is 0. The van der Waals surface area contributed by atoms with E-state index in [1.807, 2.05) is 0 Å². The molecule has 0 aliphatic rings. The molecule has 0 aliphatic carbocycles. The fourth-order valence-electron chi connectivity index (χ4n) is 0.966. The molecular formula is C11H25NO. The number of hydrogen-bond donors (Lipinski definition) is 1. The second-order valence-corrected chi connectivity index (χ2v) is 4.43. The van der Waals surface area contributed by atoms with Gasteiger partial charge in [0.05, 0.1) is 6.10 Å². The molecule has 0 bridgehead atoms. The van der Waals surface area contributed by atoms with Gasteiger partial charge in [0.1, 0.15) is 0 Å². The lowest BCUT2D eigenvalue weighted by Gasteiger charge is -2.16. The molecule has 0 spiro atoms. The van der Waals surface area contributed by atoms with Crippen LogP contribution in [0.4, 0.5) is 0 Å². The quantitative estimate of drug-likeness (QED) is 0.661. The second-order valence-electron chi connectivity index (χ2n) is 4.43. The van der Waals surface area contributed by atoms with Crippen molar-refractivity contribution >= 4 is 0 Å². The van der Waals surface area contributed by atoms with Crippen molar-refractivity contribution in [3.05, 3.63) is 0 Å². The lowest BCUT2D eigenvalue weighted by atomic mass is 10.1. The zero-order chi connectivity index (χ0) is 10.3. The first-order chi connectivity index (χ1) is 6.02. The first kappa shape index (κ1) is 12.9. The SMILES string of the molecule is CC(C)CCOC(C)CNC(C)C. The normalized spacial score (nSPS) is 14.1. The summed E-state index contributed by atoms with van der Waals surface area (Å²) in [6, 6.07) is 0.552. The third-order valence-corrected chi connectivity index (χ3v) is 1.91. The molecule has 0 rings (SSSR count). The van der Waals surface area contributed by atoms with Gasteiger partial charge in [0, 0.05) is 19.2 Å². The molecule has 0 saturated heterocycles. The molecule has 0 heterocycles. The van der Waals surface area contributed by atoms with Gasteiger partial charge in [0.15, 0.2) is 0 Å². The summed E-state index contributed by atoms with van der Waals surface area (Å²) in [6.07, 6.45) is 1.49. The van der Waals surface area contributed by atoms with Crippen LogP contribution in [0.1, 0.15) is 41.0 Å². The fourth-order valence-corrected chi connectivity index (χ4v) is 0.966. The Morgan fingerprint density at radius 1 is 1.08 bits per heavy atom. The number of hydrogen-bond acceptors (Lipinski definition) is 2. The Bertz CT molecular complexity index is 113. The molecule has 0 aromatic carbocycles. The van der Waals surface area contributed by atoms with Crippen LogP contribution in [0, 0.1) is 5.92 Å². The molecule has 2 heteroatoms. The van der Waals surface area contributed by atoms with Crippen LogP contribution in [-0.2, 0) is 4.74 Å². The molecule has 0 fully saturated rings. The molecule has 13 heavy (non-hydrogen) atoms. The van der Waals surface area contributed by atoms with Crippen molar-refractivity contribution in [1.82, 2.24) is 5.32 Å². The summed E-state index contributed by atoms with van der Waals surface area (Å²) in [5.74, 6) is 0.741. The van der Waals surface area contributed by atoms with Crippen LogP contribution in [0.2, 0.25) is 0 Å². The molecule has 1 atom stereocenters. The van der Waals surface area contributed by atoms with Gasteiger partial charge in [-0.2, -0.15) is 0 Å². The Morgan fingerprint density at radius 2 is 1.69 bits per heavy atom. The van der Waals surface area contributed by atoms with Gasteiger partial charge < -0.3 is 10.1 Å². The third-order valence-electron chi connectivity index (χ3n) is 1.91. The van der Waals surface area contributed by atoms with E-state index in [4.69, 9.17) is 4.74 Å².